The molecule has 2 N–H and O–H groups in total. The van der Waals surface area contributed by atoms with Crippen LogP contribution in [0.15, 0.2) is 48.5 Å². The third kappa shape index (κ3) is 2.38. The van der Waals surface area contributed by atoms with Gasteiger partial charge < -0.3 is 19.7 Å². The summed E-state index contributed by atoms with van der Waals surface area (Å²) < 4.78 is 11.3. The predicted molar refractivity (Wildman–Crippen MR) is 113 cm³/mol. The summed E-state index contributed by atoms with van der Waals surface area (Å²) in [6.45, 7) is 3.73. The molecule has 4 aromatic rings. The van der Waals surface area contributed by atoms with E-state index in [1.807, 2.05) is 62.4 Å². The van der Waals surface area contributed by atoms with E-state index in [0.29, 0.717) is 22.6 Å². The van der Waals surface area contributed by atoms with Gasteiger partial charge in [-0.1, -0.05) is 48.5 Å². The molecule has 0 bridgehead atoms. The summed E-state index contributed by atoms with van der Waals surface area (Å²) in [7, 11) is 3.07. The van der Waals surface area contributed by atoms with E-state index in [-0.39, 0.29) is 11.5 Å². The standard InChI is InChI=1S/C24H22O4/c1-13-15-9-5-7-11-17(15)19(23(27-3)21(13)25)20-18-12-8-6-10-16(18)14(2)22(26)24(20)28-4/h5-12,25-26H,1-4H3. The van der Waals surface area contributed by atoms with Gasteiger partial charge in [-0.05, 0) is 35.4 Å². The predicted octanol–water partition coefficient (Wildman–Crippen LogP) is 5.71. The third-order valence-electron chi connectivity index (χ3n) is 5.45. The van der Waals surface area contributed by atoms with E-state index < -0.39 is 0 Å². The van der Waals surface area contributed by atoms with Gasteiger partial charge in [0.05, 0.1) is 14.2 Å². The summed E-state index contributed by atoms with van der Waals surface area (Å²) in [5.74, 6) is 0.899. The Hall–Kier alpha value is -3.40. The number of methoxy groups -OCH3 is 2. The van der Waals surface area contributed by atoms with Crippen LogP contribution in [0.2, 0.25) is 0 Å². The summed E-state index contributed by atoms with van der Waals surface area (Å²) in [5.41, 5.74) is 2.89. The third-order valence-corrected chi connectivity index (χ3v) is 5.45. The molecule has 4 heteroatoms. The first-order valence-electron chi connectivity index (χ1n) is 9.08. The second kappa shape index (κ2) is 6.64. The highest BCUT2D eigenvalue weighted by Gasteiger charge is 2.26. The van der Waals surface area contributed by atoms with E-state index in [4.69, 9.17) is 9.47 Å². The van der Waals surface area contributed by atoms with Gasteiger partial charge in [-0.3, -0.25) is 0 Å². The van der Waals surface area contributed by atoms with Gasteiger partial charge in [0.15, 0.2) is 23.0 Å². The Labute approximate surface area is 163 Å². The largest absolute Gasteiger partial charge is 0.504 e. The topological polar surface area (TPSA) is 58.9 Å². The molecule has 4 rings (SSSR count). The fourth-order valence-corrected chi connectivity index (χ4v) is 4.03. The minimum absolute atomic E-state index is 0.0856. The van der Waals surface area contributed by atoms with Crippen molar-refractivity contribution in [3.63, 3.8) is 0 Å². The van der Waals surface area contributed by atoms with Crippen LogP contribution < -0.4 is 9.47 Å². The lowest BCUT2D eigenvalue weighted by Gasteiger charge is -2.21. The van der Waals surface area contributed by atoms with E-state index in [1.54, 1.807) is 0 Å². The van der Waals surface area contributed by atoms with Crippen LogP contribution in [0.3, 0.4) is 0 Å². The lowest BCUT2D eigenvalue weighted by atomic mass is 9.88. The van der Waals surface area contributed by atoms with E-state index in [1.165, 1.54) is 14.2 Å². The number of ether oxygens (including phenoxy) is 2. The minimum atomic E-state index is 0.0856. The number of aromatic hydroxyl groups is 2. The molecule has 0 saturated heterocycles. The van der Waals surface area contributed by atoms with Crippen LogP contribution in [0, 0.1) is 13.8 Å². The maximum Gasteiger partial charge on any atom is 0.169 e. The van der Waals surface area contributed by atoms with Gasteiger partial charge in [0, 0.05) is 22.3 Å². The first-order chi connectivity index (χ1) is 13.5. The van der Waals surface area contributed by atoms with Crippen molar-refractivity contribution in [3.05, 3.63) is 59.7 Å². The number of benzene rings is 4. The molecule has 0 aromatic heterocycles. The Bertz CT molecular complexity index is 1130. The number of phenols is 2. The summed E-state index contributed by atoms with van der Waals surface area (Å²) in [5, 5.41) is 25.4. The van der Waals surface area contributed by atoms with E-state index >= 15 is 0 Å². The minimum Gasteiger partial charge on any atom is -0.504 e. The molecule has 4 nitrogen and oxygen atoms in total. The molecule has 28 heavy (non-hydrogen) atoms. The lowest BCUT2D eigenvalue weighted by Crippen LogP contribution is -1.98. The van der Waals surface area contributed by atoms with Crippen molar-refractivity contribution < 1.29 is 19.7 Å². The Morgan fingerprint density at radius 3 is 1.21 bits per heavy atom. The van der Waals surface area contributed by atoms with Crippen molar-refractivity contribution in [2.45, 2.75) is 13.8 Å². The SMILES string of the molecule is COc1c(O)c(C)c2ccccc2c1-c1c(OC)c(O)c(C)c2ccccc12. The average molecular weight is 374 g/mol. The second-order valence-electron chi connectivity index (χ2n) is 6.85. The zero-order valence-corrected chi connectivity index (χ0v) is 16.3. The van der Waals surface area contributed by atoms with E-state index in [0.717, 1.165) is 32.7 Å². The van der Waals surface area contributed by atoms with Crippen LogP contribution >= 0.6 is 0 Å². The quantitative estimate of drug-likeness (QED) is 0.482. The van der Waals surface area contributed by atoms with Crippen molar-refractivity contribution in [3.8, 4) is 34.1 Å². The highest BCUT2D eigenvalue weighted by molar-refractivity contribution is 6.13. The maximum atomic E-state index is 10.9. The number of hydrogen-bond donors (Lipinski definition) is 2. The summed E-state index contributed by atoms with van der Waals surface area (Å²) in [6, 6.07) is 15.7. The van der Waals surface area contributed by atoms with E-state index in [9.17, 15) is 10.2 Å². The summed E-state index contributed by atoms with van der Waals surface area (Å²) in [6.07, 6.45) is 0. The average Bonchev–Trinajstić information content (AvgIpc) is 2.73. The number of rotatable bonds is 3. The smallest absolute Gasteiger partial charge is 0.169 e. The first kappa shape index (κ1) is 18.0. The highest BCUT2D eigenvalue weighted by Crippen LogP contribution is 2.53. The molecule has 0 saturated carbocycles. The second-order valence-corrected chi connectivity index (χ2v) is 6.85. The van der Waals surface area contributed by atoms with Gasteiger partial charge in [0.1, 0.15) is 0 Å². The van der Waals surface area contributed by atoms with E-state index in [2.05, 4.69) is 0 Å². The molecule has 0 unspecified atom stereocenters. The van der Waals surface area contributed by atoms with Crippen LogP contribution in [0.25, 0.3) is 32.7 Å². The molecule has 0 amide bonds. The van der Waals surface area contributed by atoms with Crippen LogP contribution in [-0.2, 0) is 0 Å². The molecule has 0 fully saturated rings. The van der Waals surface area contributed by atoms with Crippen LogP contribution in [-0.4, -0.2) is 24.4 Å². The first-order valence-corrected chi connectivity index (χ1v) is 9.08. The molecule has 0 aliphatic heterocycles. The molecule has 4 aromatic carbocycles. The number of phenolic OH excluding ortho intramolecular Hbond substituents is 2. The normalized spacial score (nSPS) is 11.1. The van der Waals surface area contributed by atoms with Crippen LogP contribution in [0.5, 0.6) is 23.0 Å². The van der Waals surface area contributed by atoms with Gasteiger partial charge >= 0.3 is 0 Å². The molecule has 0 aliphatic carbocycles. The fourth-order valence-electron chi connectivity index (χ4n) is 4.03. The lowest BCUT2D eigenvalue weighted by molar-refractivity contribution is 0.369. The molecular weight excluding hydrogens is 352 g/mol. The number of aryl methyl sites for hydroxylation is 2. The van der Waals surface area contributed by atoms with Crippen molar-refractivity contribution in [1.82, 2.24) is 0 Å². The maximum absolute atomic E-state index is 10.9. The highest BCUT2D eigenvalue weighted by atomic mass is 16.5. The van der Waals surface area contributed by atoms with Crippen LogP contribution in [0.4, 0.5) is 0 Å². The zero-order chi connectivity index (χ0) is 20.0. The molecule has 0 heterocycles. The Morgan fingerprint density at radius 2 is 0.893 bits per heavy atom. The Morgan fingerprint density at radius 1 is 0.571 bits per heavy atom. The molecule has 142 valence electrons. The summed E-state index contributed by atoms with van der Waals surface area (Å²) >= 11 is 0. The van der Waals surface area contributed by atoms with Crippen molar-refractivity contribution in [2.75, 3.05) is 14.2 Å². The van der Waals surface area contributed by atoms with Gasteiger partial charge in [0.2, 0.25) is 0 Å². The van der Waals surface area contributed by atoms with Crippen molar-refractivity contribution >= 4 is 21.5 Å². The monoisotopic (exact) mass is 374 g/mol. The van der Waals surface area contributed by atoms with Gasteiger partial charge in [0.25, 0.3) is 0 Å². The number of hydrogen-bond acceptors (Lipinski definition) is 4. The Kier molecular flexibility index (Phi) is 4.27. The fraction of sp³-hybridized carbons (Fsp3) is 0.167. The molecule has 0 spiro atoms. The zero-order valence-electron chi connectivity index (χ0n) is 16.3. The van der Waals surface area contributed by atoms with Crippen LogP contribution in [0.1, 0.15) is 11.1 Å². The Balaban J connectivity index is 2.32. The van der Waals surface area contributed by atoms with Gasteiger partial charge in [-0.2, -0.15) is 0 Å². The van der Waals surface area contributed by atoms with Crippen molar-refractivity contribution in [1.29, 1.82) is 0 Å². The molecule has 0 atom stereocenters. The van der Waals surface area contributed by atoms with Crippen molar-refractivity contribution in [2.24, 2.45) is 0 Å². The molecule has 0 radical (unpaired) electrons. The summed E-state index contributed by atoms with van der Waals surface area (Å²) in [4.78, 5) is 0. The van der Waals surface area contributed by atoms with Gasteiger partial charge in [-0.15, -0.1) is 0 Å². The molecule has 0 aliphatic rings. The van der Waals surface area contributed by atoms with Gasteiger partial charge in [-0.25, -0.2) is 0 Å². The molecular formula is C24H22O4. The number of fused-ring (bicyclic) bond motifs is 2.